The molecule has 1 aromatic carbocycles. The molecule has 37 heavy (non-hydrogen) atoms. The van der Waals surface area contributed by atoms with E-state index >= 15 is 4.39 Å². The molecule has 0 bridgehead atoms. The molecule has 1 fully saturated rings. The average Bonchev–Trinajstić information content (AvgIpc) is 3.19. The zero-order valence-corrected chi connectivity index (χ0v) is 20.5. The number of nitrogens with one attached hydrogen (secondary N) is 1. The number of nitrogens with zero attached hydrogens (tertiary/aromatic N) is 5. The lowest BCUT2D eigenvalue weighted by atomic mass is 9.99. The normalized spacial score (nSPS) is 18.8. The number of aromatic nitrogens is 5. The lowest BCUT2D eigenvalue weighted by Crippen LogP contribution is -2.23. The highest BCUT2D eigenvalue weighted by molar-refractivity contribution is 6.00. The minimum absolute atomic E-state index is 0.110. The van der Waals surface area contributed by atoms with E-state index in [1.54, 1.807) is 42.2 Å². The Bertz CT molecular complexity index is 1650. The standard InChI is InChI=1S/C27H24FN7O2/c1-14-6-16(25-30-4-5-37-25)7-20(28)23(14)21-8-15-9-22(31-12-18(15)24(29)33-21)34-26(36)27(2)10-19(27)17-11-32-35(3)13-17/h4-9,11-13,19H,10H2,1-3H3,(H2,29,33)(H,31,34,36)/t19-,27-/m0/s1. The molecule has 0 radical (unpaired) electrons. The van der Waals surface area contributed by atoms with Crippen molar-refractivity contribution in [3.05, 3.63) is 72.3 Å². The van der Waals surface area contributed by atoms with Crippen LogP contribution < -0.4 is 11.1 Å². The molecule has 10 heteroatoms. The van der Waals surface area contributed by atoms with Gasteiger partial charge in [-0.15, -0.1) is 0 Å². The molecule has 1 amide bonds. The molecule has 1 aliphatic carbocycles. The van der Waals surface area contributed by atoms with Gasteiger partial charge in [-0.2, -0.15) is 5.10 Å². The van der Waals surface area contributed by atoms with Gasteiger partial charge in [-0.1, -0.05) is 6.92 Å². The van der Waals surface area contributed by atoms with E-state index in [9.17, 15) is 4.79 Å². The molecule has 186 valence electrons. The van der Waals surface area contributed by atoms with Crippen molar-refractivity contribution in [2.45, 2.75) is 26.2 Å². The molecule has 4 aromatic heterocycles. The average molecular weight is 498 g/mol. The molecule has 9 nitrogen and oxygen atoms in total. The van der Waals surface area contributed by atoms with Crippen molar-refractivity contribution in [3.8, 4) is 22.7 Å². The van der Waals surface area contributed by atoms with Gasteiger partial charge >= 0.3 is 0 Å². The van der Waals surface area contributed by atoms with Gasteiger partial charge in [-0.05, 0) is 54.1 Å². The Labute approximate surface area is 211 Å². The van der Waals surface area contributed by atoms with Crippen LogP contribution in [0.3, 0.4) is 0 Å². The fourth-order valence-corrected chi connectivity index (χ4v) is 4.91. The second-order valence-corrected chi connectivity index (χ2v) is 9.75. The Balaban J connectivity index is 1.31. The zero-order valence-electron chi connectivity index (χ0n) is 20.5. The lowest BCUT2D eigenvalue weighted by Gasteiger charge is -2.13. The number of carbonyl (C=O) groups is 1. The molecule has 3 N–H and O–H groups in total. The maximum atomic E-state index is 15.3. The molecule has 0 aliphatic heterocycles. The Kier molecular flexibility index (Phi) is 5.08. The number of oxazole rings is 1. The van der Waals surface area contributed by atoms with Crippen molar-refractivity contribution in [1.82, 2.24) is 24.7 Å². The van der Waals surface area contributed by atoms with E-state index in [4.69, 9.17) is 10.2 Å². The van der Waals surface area contributed by atoms with Crippen molar-refractivity contribution in [2.75, 3.05) is 11.1 Å². The van der Waals surface area contributed by atoms with E-state index in [1.165, 1.54) is 18.5 Å². The topological polar surface area (TPSA) is 125 Å². The van der Waals surface area contributed by atoms with E-state index in [1.807, 2.05) is 20.2 Å². The van der Waals surface area contributed by atoms with Gasteiger partial charge in [0.1, 0.15) is 23.7 Å². The van der Waals surface area contributed by atoms with Crippen LogP contribution in [0.5, 0.6) is 0 Å². The summed E-state index contributed by atoms with van der Waals surface area (Å²) in [5.41, 5.74) is 8.63. The van der Waals surface area contributed by atoms with Crippen LogP contribution in [0.25, 0.3) is 33.5 Å². The van der Waals surface area contributed by atoms with Gasteiger partial charge in [-0.25, -0.2) is 19.3 Å². The van der Waals surface area contributed by atoms with E-state index < -0.39 is 11.2 Å². The summed E-state index contributed by atoms with van der Waals surface area (Å²) in [6.45, 7) is 3.73. The van der Waals surface area contributed by atoms with Crippen LogP contribution in [0.4, 0.5) is 16.0 Å². The summed E-state index contributed by atoms with van der Waals surface area (Å²) in [4.78, 5) is 26.0. The van der Waals surface area contributed by atoms with Crippen molar-refractivity contribution in [3.63, 3.8) is 0 Å². The number of carbonyl (C=O) groups excluding carboxylic acids is 1. The minimum Gasteiger partial charge on any atom is -0.445 e. The van der Waals surface area contributed by atoms with Crippen LogP contribution in [0.15, 0.2) is 59.7 Å². The minimum atomic E-state index is -0.535. The Morgan fingerprint density at radius 1 is 1.24 bits per heavy atom. The van der Waals surface area contributed by atoms with Gasteiger partial charge in [0.15, 0.2) is 0 Å². The van der Waals surface area contributed by atoms with Crippen molar-refractivity contribution in [1.29, 1.82) is 0 Å². The highest BCUT2D eigenvalue weighted by Crippen LogP contribution is 2.59. The van der Waals surface area contributed by atoms with Crippen LogP contribution in [-0.4, -0.2) is 30.6 Å². The number of hydrogen-bond acceptors (Lipinski definition) is 7. The fraction of sp³-hybridized carbons (Fsp3) is 0.222. The quantitative estimate of drug-likeness (QED) is 0.356. The highest BCUT2D eigenvalue weighted by atomic mass is 19.1. The number of aryl methyl sites for hydroxylation is 2. The Hall–Kier alpha value is -4.60. The summed E-state index contributed by atoms with van der Waals surface area (Å²) in [5, 5.41) is 8.45. The number of benzene rings is 1. The lowest BCUT2D eigenvalue weighted by molar-refractivity contribution is -0.120. The molecular formula is C27H24FN7O2. The van der Waals surface area contributed by atoms with Crippen molar-refractivity contribution >= 4 is 28.3 Å². The number of fused-ring (bicyclic) bond motifs is 1. The molecule has 1 aliphatic rings. The predicted octanol–water partition coefficient (Wildman–Crippen LogP) is 4.85. The summed E-state index contributed by atoms with van der Waals surface area (Å²) in [7, 11) is 1.86. The Morgan fingerprint density at radius 3 is 2.78 bits per heavy atom. The number of amides is 1. The van der Waals surface area contributed by atoms with Crippen LogP contribution in [-0.2, 0) is 11.8 Å². The summed E-state index contributed by atoms with van der Waals surface area (Å²) in [6.07, 6.45) is 8.99. The third-order valence-corrected chi connectivity index (χ3v) is 7.09. The summed E-state index contributed by atoms with van der Waals surface area (Å²) in [5.74, 6) is 0.479. The molecule has 0 unspecified atom stereocenters. The fourth-order valence-electron chi connectivity index (χ4n) is 4.91. The van der Waals surface area contributed by atoms with E-state index in [0.29, 0.717) is 44.9 Å². The molecule has 1 saturated carbocycles. The number of hydrogen-bond donors (Lipinski definition) is 2. The first-order valence-electron chi connectivity index (χ1n) is 11.8. The van der Waals surface area contributed by atoms with Crippen LogP contribution >= 0.6 is 0 Å². The second kappa shape index (κ2) is 8.22. The van der Waals surface area contributed by atoms with E-state index in [2.05, 4.69) is 25.4 Å². The van der Waals surface area contributed by atoms with Crippen LogP contribution in [0, 0.1) is 18.2 Å². The number of nitrogens with two attached hydrogens (primary N) is 1. The molecular weight excluding hydrogens is 473 g/mol. The first-order valence-corrected chi connectivity index (χ1v) is 11.8. The van der Waals surface area contributed by atoms with Gasteiger partial charge in [0, 0.05) is 41.9 Å². The molecule has 0 spiro atoms. The van der Waals surface area contributed by atoms with E-state index in [-0.39, 0.29) is 17.6 Å². The summed E-state index contributed by atoms with van der Waals surface area (Å²) in [6, 6.07) is 6.63. The molecule has 5 aromatic rings. The number of rotatable bonds is 5. The smallest absolute Gasteiger partial charge is 0.232 e. The van der Waals surface area contributed by atoms with Gasteiger partial charge < -0.3 is 15.5 Å². The van der Waals surface area contributed by atoms with E-state index in [0.717, 1.165) is 12.0 Å². The molecule has 2 atom stereocenters. The maximum absolute atomic E-state index is 15.3. The SMILES string of the molecule is Cc1cc(-c2ncco2)cc(F)c1-c1cc2cc(NC(=O)[C@@]3(C)C[C@H]3c3cnn(C)c3)ncc2c(N)n1. The van der Waals surface area contributed by atoms with Crippen molar-refractivity contribution < 1.29 is 13.6 Å². The predicted molar refractivity (Wildman–Crippen MR) is 137 cm³/mol. The van der Waals surface area contributed by atoms with Crippen LogP contribution in [0.1, 0.15) is 30.4 Å². The molecule has 6 rings (SSSR count). The maximum Gasteiger partial charge on any atom is 0.232 e. The van der Waals surface area contributed by atoms with Crippen LogP contribution in [0.2, 0.25) is 0 Å². The highest BCUT2D eigenvalue weighted by Gasteiger charge is 2.57. The van der Waals surface area contributed by atoms with Crippen molar-refractivity contribution in [2.24, 2.45) is 12.5 Å². The monoisotopic (exact) mass is 497 g/mol. The Morgan fingerprint density at radius 2 is 2.08 bits per heavy atom. The van der Waals surface area contributed by atoms with Gasteiger partial charge in [0.25, 0.3) is 0 Å². The third-order valence-electron chi connectivity index (χ3n) is 7.09. The number of anilines is 2. The summed E-state index contributed by atoms with van der Waals surface area (Å²) >= 11 is 0. The summed E-state index contributed by atoms with van der Waals surface area (Å²) < 4.78 is 22.3. The number of pyridine rings is 2. The largest absolute Gasteiger partial charge is 0.445 e. The number of nitrogen functional groups attached to an aromatic ring is 1. The van der Waals surface area contributed by atoms with Gasteiger partial charge in [0.2, 0.25) is 11.8 Å². The molecule has 4 heterocycles. The van der Waals surface area contributed by atoms with Gasteiger partial charge in [0.05, 0.1) is 23.5 Å². The zero-order chi connectivity index (χ0) is 25.9. The molecule has 0 saturated heterocycles. The third kappa shape index (κ3) is 3.90. The second-order valence-electron chi connectivity index (χ2n) is 9.75. The first-order chi connectivity index (χ1) is 17.7. The number of halogens is 1. The van der Waals surface area contributed by atoms with Gasteiger partial charge in [-0.3, -0.25) is 9.48 Å². The first kappa shape index (κ1) is 22.8.